The molecule has 0 aliphatic rings. The Kier molecular flexibility index (Phi) is 7.65. The van der Waals surface area contributed by atoms with Crippen molar-refractivity contribution < 1.29 is 4.79 Å². The number of nitrogens with zero attached hydrogens (tertiary/aromatic N) is 1. The van der Waals surface area contributed by atoms with Gasteiger partial charge in [0.2, 0.25) is 0 Å². The zero-order valence-corrected chi connectivity index (χ0v) is 12.5. The highest BCUT2D eigenvalue weighted by molar-refractivity contribution is 5.92. The number of pyridine rings is 1. The van der Waals surface area contributed by atoms with E-state index in [1.54, 1.807) is 18.3 Å². The fourth-order valence-corrected chi connectivity index (χ4v) is 1.94. The molecular formula is C15H26N4O. The van der Waals surface area contributed by atoms with Crippen molar-refractivity contribution in [1.82, 2.24) is 10.3 Å². The number of rotatable bonds is 9. The summed E-state index contributed by atoms with van der Waals surface area (Å²) >= 11 is 0. The van der Waals surface area contributed by atoms with Gasteiger partial charge in [-0.15, -0.1) is 0 Å². The average Bonchev–Trinajstić information content (AvgIpc) is 2.45. The Hall–Kier alpha value is -1.62. The average molecular weight is 278 g/mol. The molecule has 0 saturated carbocycles. The van der Waals surface area contributed by atoms with Crippen LogP contribution in [-0.2, 0) is 0 Å². The lowest BCUT2D eigenvalue weighted by molar-refractivity contribution is 0.0948. The number of hydrogen-bond acceptors (Lipinski definition) is 4. The first-order valence-corrected chi connectivity index (χ1v) is 7.34. The second-order valence-electron chi connectivity index (χ2n) is 5.43. The Morgan fingerprint density at radius 3 is 2.60 bits per heavy atom. The van der Waals surface area contributed by atoms with E-state index in [4.69, 9.17) is 5.84 Å². The Labute approximate surface area is 121 Å². The summed E-state index contributed by atoms with van der Waals surface area (Å²) in [5.74, 6) is 5.90. The number of nitrogens with two attached hydrogens (primary N) is 1. The zero-order valence-electron chi connectivity index (χ0n) is 12.5. The molecule has 0 aromatic carbocycles. The molecule has 1 amide bonds. The first-order chi connectivity index (χ1) is 9.63. The van der Waals surface area contributed by atoms with E-state index in [-0.39, 0.29) is 5.91 Å². The predicted octanol–water partition coefficient (Wildman–Crippen LogP) is 2.70. The van der Waals surface area contributed by atoms with Gasteiger partial charge in [0.05, 0.1) is 11.9 Å². The fraction of sp³-hybridized carbons (Fsp3) is 0.600. The van der Waals surface area contributed by atoms with Crippen LogP contribution >= 0.6 is 0 Å². The molecule has 1 aromatic heterocycles. The molecule has 4 N–H and O–H groups in total. The first kappa shape index (κ1) is 16.4. The van der Waals surface area contributed by atoms with Crippen molar-refractivity contribution in [2.45, 2.75) is 46.0 Å². The standard InChI is InChI=1S/C15H26N4O/c1-12(2)7-5-3-4-6-10-17-15(20)14-9-8-13(19-16)11-18-14/h8-9,11-12,19H,3-7,10,16H2,1-2H3,(H,17,20). The lowest BCUT2D eigenvalue weighted by Crippen LogP contribution is -2.25. The van der Waals surface area contributed by atoms with Gasteiger partial charge in [0.15, 0.2) is 0 Å². The third kappa shape index (κ3) is 6.52. The largest absolute Gasteiger partial charge is 0.351 e. The highest BCUT2D eigenvalue weighted by atomic mass is 16.1. The van der Waals surface area contributed by atoms with Crippen LogP contribution in [0, 0.1) is 5.92 Å². The molecule has 5 nitrogen and oxygen atoms in total. The Balaban J connectivity index is 2.13. The van der Waals surface area contributed by atoms with Crippen LogP contribution in [0.25, 0.3) is 0 Å². The summed E-state index contributed by atoms with van der Waals surface area (Å²) in [5, 5.41) is 2.88. The lowest BCUT2D eigenvalue weighted by atomic mass is 10.0. The highest BCUT2D eigenvalue weighted by Crippen LogP contribution is 2.09. The second-order valence-corrected chi connectivity index (χ2v) is 5.43. The first-order valence-electron chi connectivity index (χ1n) is 7.34. The van der Waals surface area contributed by atoms with E-state index in [2.05, 4.69) is 29.6 Å². The highest BCUT2D eigenvalue weighted by Gasteiger charge is 2.05. The smallest absolute Gasteiger partial charge is 0.269 e. The van der Waals surface area contributed by atoms with Gasteiger partial charge >= 0.3 is 0 Å². The third-order valence-electron chi connectivity index (χ3n) is 3.16. The molecule has 0 aliphatic carbocycles. The minimum absolute atomic E-state index is 0.129. The lowest BCUT2D eigenvalue weighted by Gasteiger charge is -2.06. The zero-order chi connectivity index (χ0) is 14.8. The van der Waals surface area contributed by atoms with Crippen molar-refractivity contribution in [3.63, 3.8) is 0 Å². The molecule has 0 unspecified atom stereocenters. The van der Waals surface area contributed by atoms with Crippen molar-refractivity contribution in [3.8, 4) is 0 Å². The van der Waals surface area contributed by atoms with E-state index < -0.39 is 0 Å². The van der Waals surface area contributed by atoms with Crippen LogP contribution < -0.4 is 16.6 Å². The summed E-state index contributed by atoms with van der Waals surface area (Å²) in [6.45, 7) is 5.20. The van der Waals surface area contributed by atoms with E-state index in [9.17, 15) is 4.79 Å². The summed E-state index contributed by atoms with van der Waals surface area (Å²) in [6.07, 6.45) is 7.53. The molecule has 0 atom stereocenters. The van der Waals surface area contributed by atoms with Crippen LogP contribution in [0.2, 0.25) is 0 Å². The molecule has 0 spiro atoms. The molecule has 0 fully saturated rings. The molecule has 0 bridgehead atoms. The maximum absolute atomic E-state index is 11.8. The van der Waals surface area contributed by atoms with Crippen molar-refractivity contribution >= 4 is 11.6 Å². The molecule has 5 heteroatoms. The maximum Gasteiger partial charge on any atom is 0.269 e. The van der Waals surface area contributed by atoms with E-state index >= 15 is 0 Å². The molecule has 1 rings (SSSR count). The summed E-state index contributed by atoms with van der Waals surface area (Å²) in [5.41, 5.74) is 3.59. The molecule has 20 heavy (non-hydrogen) atoms. The van der Waals surface area contributed by atoms with Crippen LogP contribution in [0.4, 0.5) is 5.69 Å². The SMILES string of the molecule is CC(C)CCCCCCNC(=O)c1ccc(NN)cn1. The molecule has 0 radical (unpaired) electrons. The van der Waals surface area contributed by atoms with Crippen molar-refractivity contribution in [2.75, 3.05) is 12.0 Å². The summed E-state index contributed by atoms with van der Waals surface area (Å²) < 4.78 is 0. The number of aromatic nitrogens is 1. The van der Waals surface area contributed by atoms with Gasteiger partial charge in [0.25, 0.3) is 5.91 Å². The molecule has 0 saturated heterocycles. The van der Waals surface area contributed by atoms with Crippen LogP contribution in [0.3, 0.4) is 0 Å². The van der Waals surface area contributed by atoms with Crippen LogP contribution in [0.5, 0.6) is 0 Å². The minimum atomic E-state index is -0.129. The molecule has 0 aliphatic heterocycles. The maximum atomic E-state index is 11.8. The van der Waals surface area contributed by atoms with Gasteiger partial charge in [0, 0.05) is 6.54 Å². The summed E-state index contributed by atoms with van der Waals surface area (Å²) in [7, 11) is 0. The third-order valence-corrected chi connectivity index (χ3v) is 3.16. The summed E-state index contributed by atoms with van der Waals surface area (Å²) in [6, 6.07) is 3.39. The quantitative estimate of drug-likeness (QED) is 0.368. The van der Waals surface area contributed by atoms with Gasteiger partial charge in [-0.05, 0) is 24.5 Å². The predicted molar refractivity (Wildman–Crippen MR) is 82.3 cm³/mol. The number of hydrazine groups is 1. The van der Waals surface area contributed by atoms with Gasteiger partial charge in [-0.25, -0.2) is 4.98 Å². The van der Waals surface area contributed by atoms with Crippen molar-refractivity contribution in [1.29, 1.82) is 0 Å². The number of hydrogen-bond donors (Lipinski definition) is 3. The van der Waals surface area contributed by atoms with Gasteiger partial charge < -0.3 is 10.7 Å². The molecule has 112 valence electrons. The minimum Gasteiger partial charge on any atom is -0.351 e. The molecular weight excluding hydrogens is 252 g/mol. The number of nitrogen functional groups attached to an aromatic ring is 1. The molecule has 1 aromatic rings. The van der Waals surface area contributed by atoms with Crippen molar-refractivity contribution in [2.24, 2.45) is 11.8 Å². The Bertz CT molecular complexity index is 389. The van der Waals surface area contributed by atoms with Crippen LogP contribution in [0.15, 0.2) is 18.3 Å². The van der Waals surface area contributed by atoms with Crippen LogP contribution in [-0.4, -0.2) is 17.4 Å². The monoisotopic (exact) mass is 278 g/mol. The Morgan fingerprint density at radius 1 is 1.25 bits per heavy atom. The van der Waals surface area contributed by atoms with Crippen molar-refractivity contribution in [3.05, 3.63) is 24.0 Å². The van der Waals surface area contributed by atoms with Gasteiger partial charge in [-0.3, -0.25) is 10.6 Å². The number of carbonyl (C=O) groups is 1. The van der Waals surface area contributed by atoms with E-state index in [0.717, 1.165) is 18.8 Å². The number of amides is 1. The normalized spacial score (nSPS) is 10.6. The topological polar surface area (TPSA) is 80.0 Å². The number of anilines is 1. The van der Waals surface area contributed by atoms with E-state index in [0.29, 0.717) is 17.9 Å². The van der Waals surface area contributed by atoms with Gasteiger partial charge in [-0.1, -0.05) is 39.5 Å². The summed E-state index contributed by atoms with van der Waals surface area (Å²) in [4.78, 5) is 15.8. The van der Waals surface area contributed by atoms with E-state index in [1.165, 1.54) is 19.3 Å². The van der Waals surface area contributed by atoms with Crippen LogP contribution in [0.1, 0.15) is 56.4 Å². The fourth-order valence-electron chi connectivity index (χ4n) is 1.94. The second kappa shape index (κ2) is 9.31. The number of nitrogens with one attached hydrogen (secondary N) is 2. The van der Waals surface area contributed by atoms with Gasteiger partial charge in [-0.2, -0.15) is 0 Å². The number of unbranched alkanes of at least 4 members (excludes halogenated alkanes) is 3. The number of carbonyl (C=O) groups excluding carboxylic acids is 1. The van der Waals surface area contributed by atoms with E-state index in [1.807, 2.05) is 0 Å². The Morgan fingerprint density at radius 2 is 2.00 bits per heavy atom. The molecule has 1 heterocycles. The van der Waals surface area contributed by atoms with Gasteiger partial charge in [0.1, 0.15) is 5.69 Å².